The minimum absolute atomic E-state index is 0.744. The first-order chi connectivity index (χ1) is 12.7. The molecule has 0 fully saturated rings. The normalized spacial score (nSPS) is 12.9. The van der Waals surface area contributed by atoms with Gasteiger partial charge in [-0.25, -0.2) is 0 Å². The lowest BCUT2D eigenvalue weighted by Gasteiger charge is -2.13. The van der Waals surface area contributed by atoms with Crippen LogP contribution in [0.5, 0.6) is 23.0 Å². The number of methoxy groups -OCH3 is 4. The van der Waals surface area contributed by atoms with Crippen molar-refractivity contribution in [3.63, 3.8) is 0 Å². The summed E-state index contributed by atoms with van der Waals surface area (Å²) in [4.78, 5) is 0. The van der Waals surface area contributed by atoms with Crippen LogP contribution in [0.25, 0.3) is 22.2 Å². The Hall–Kier alpha value is -2.82. The number of nitrogens with zero attached hydrogens (tertiary/aromatic N) is 1. The second-order valence-electron chi connectivity index (χ2n) is 6.42. The Balaban J connectivity index is 1.98. The molecule has 2 heterocycles. The molecule has 0 amide bonds. The molecule has 0 atom stereocenters. The smallest absolute Gasteiger partial charge is 0.162 e. The van der Waals surface area contributed by atoms with Crippen molar-refractivity contribution >= 4 is 10.9 Å². The van der Waals surface area contributed by atoms with Crippen molar-refractivity contribution < 1.29 is 18.9 Å². The maximum Gasteiger partial charge on any atom is 0.162 e. The Morgan fingerprint density at radius 3 is 2.04 bits per heavy atom. The topological polar surface area (TPSA) is 41.9 Å². The van der Waals surface area contributed by atoms with Crippen LogP contribution in [0.15, 0.2) is 30.3 Å². The van der Waals surface area contributed by atoms with Gasteiger partial charge in [0.05, 0.1) is 34.0 Å². The third-order valence-corrected chi connectivity index (χ3v) is 5.12. The van der Waals surface area contributed by atoms with Crippen molar-refractivity contribution in [1.82, 2.24) is 4.57 Å². The van der Waals surface area contributed by atoms with Crippen LogP contribution in [0, 0.1) is 0 Å². The monoisotopic (exact) mass is 353 g/mol. The predicted octanol–water partition coefficient (Wildman–Crippen LogP) is 4.29. The van der Waals surface area contributed by atoms with Crippen molar-refractivity contribution in [3.8, 4) is 34.3 Å². The van der Waals surface area contributed by atoms with Gasteiger partial charge in [0.15, 0.2) is 23.0 Å². The number of benzene rings is 2. The molecule has 136 valence electrons. The van der Waals surface area contributed by atoms with E-state index in [0.717, 1.165) is 53.3 Å². The van der Waals surface area contributed by atoms with Gasteiger partial charge in [-0.1, -0.05) is 0 Å². The maximum atomic E-state index is 5.53. The molecule has 2 aromatic carbocycles. The molecular weight excluding hydrogens is 330 g/mol. The van der Waals surface area contributed by atoms with E-state index in [0.29, 0.717) is 0 Å². The zero-order valence-electron chi connectivity index (χ0n) is 15.6. The van der Waals surface area contributed by atoms with E-state index in [1.165, 1.54) is 16.8 Å². The summed E-state index contributed by atoms with van der Waals surface area (Å²) in [6.07, 6.45) is 2.07. The Morgan fingerprint density at radius 2 is 1.35 bits per heavy atom. The summed E-state index contributed by atoms with van der Waals surface area (Å²) in [5.41, 5.74) is 4.81. The lowest BCUT2D eigenvalue weighted by molar-refractivity contribution is 0.354. The van der Waals surface area contributed by atoms with Gasteiger partial charge in [0.2, 0.25) is 0 Å². The van der Waals surface area contributed by atoms with Crippen LogP contribution in [0.4, 0.5) is 0 Å². The Kier molecular flexibility index (Phi) is 4.15. The second kappa shape index (κ2) is 6.48. The fraction of sp³-hybridized carbons (Fsp3) is 0.333. The highest BCUT2D eigenvalue weighted by molar-refractivity contribution is 5.91. The van der Waals surface area contributed by atoms with Crippen LogP contribution in [-0.4, -0.2) is 33.0 Å². The van der Waals surface area contributed by atoms with E-state index >= 15 is 0 Å². The molecule has 0 aliphatic carbocycles. The Bertz CT molecular complexity index is 974. The molecule has 0 saturated heterocycles. The highest BCUT2D eigenvalue weighted by Crippen LogP contribution is 2.42. The van der Waals surface area contributed by atoms with E-state index in [-0.39, 0.29) is 0 Å². The van der Waals surface area contributed by atoms with Crippen molar-refractivity contribution in [2.24, 2.45) is 0 Å². The number of hydrogen-bond acceptors (Lipinski definition) is 4. The van der Waals surface area contributed by atoms with Crippen molar-refractivity contribution in [3.05, 3.63) is 35.9 Å². The van der Waals surface area contributed by atoms with E-state index in [1.54, 1.807) is 28.4 Å². The fourth-order valence-electron chi connectivity index (χ4n) is 3.85. The zero-order chi connectivity index (χ0) is 18.3. The van der Waals surface area contributed by atoms with Gasteiger partial charge < -0.3 is 23.5 Å². The molecule has 26 heavy (non-hydrogen) atoms. The van der Waals surface area contributed by atoms with Crippen LogP contribution >= 0.6 is 0 Å². The van der Waals surface area contributed by atoms with Gasteiger partial charge in [0.1, 0.15) is 0 Å². The van der Waals surface area contributed by atoms with E-state index in [9.17, 15) is 0 Å². The average Bonchev–Trinajstić information content (AvgIpc) is 2.93. The van der Waals surface area contributed by atoms with Gasteiger partial charge in [-0.15, -0.1) is 0 Å². The molecule has 0 unspecified atom stereocenters. The molecule has 0 N–H and O–H groups in total. The van der Waals surface area contributed by atoms with Crippen LogP contribution in [0.1, 0.15) is 12.0 Å². The minimum atomic E-state index is 0.744. The van der Waals surface area contributed by atoms with E-state index < -0.39 is 0 Å². The number of aromatic nitrogens is 1. The van der Waals surface area contributed by atoms with Crippen LogP contribution in [0.3, 0.4) is 0 Å². The summed E-state index contributed by atoms with van der Waals surface area (Å²) >= 11 is 0. The first-order valence-electron chi connectivity index (χ1n) is 8.70. The van der Waals surface area contributed by atoms with Gasteiger partial charge in [-0.3, -0.25) is 0 Å². The molecule has 1 aromatic heterocycles. The molecule has 0 spiro atoms. The molecule has 0 saturated carbocycles. The van der Waals surface area contributed by atoms with Gasteiger partial charge in [-0.2, -0.15) is 0 Å². The first kappa shape index (κ1) is 16.6. The molecule has 5 heteroatoms. The Labute approximate surface area is 153 Å². The minimum Gasteiger partial charge on any atom is -0.493 e. The molecule has 5 nitrogen and oxygen atoms in total. The SMILES string of the molecule is COc1cc2c(cc1OC)-c1cc3cc(OC)c(OC)cc3n1CCC2. The molecular formula is C21H23NO4. The van der Waals surface area contributed by atoms with Crippen molar-refractivity contribution in [2.45, 2.75) is 19.4 Å². The molecule has 1 aliphatic rings. The number of fused-ring (bicyclic) bond motifs is 5. The van der Waals surface area contributed by atoms with E-state index in [1.807, 2.05) is 6.07 Å². The van der Waals surface area contributed by atoms with Crippen molar-refractivity contribution in [1.29, 1.82) is 0 Å². The molecule has 3 aromatic rings. The van der Waals surface area contributed by atoms with Crippen LogP contribution in [-0.2, 0) is 13.0 Å². The number of ether oxygens (including phenoxy) is 4. The van der Waals surface area contributed by atoms with Gasteiger partial charge >= 0.3 is 0 Å². The summed E-state index contributed by atoms with van der Waals surface area (Å²) in [5, 5.41) is 1.14. The average molecular weight is 353 g/mol. The summed E-state index contributed by atoms with van der Waals surface area (Å²) < 4.78 is 24.3. The number of hydrogen-bond donors (Lipinski definition) is 0. The Morgan fingerprint density at radius 1 is 0.731 bits per heavy atom. The van der Waals surface area contributed by atoms with Gasteiger partial charge in [0, 0.05) is 29.3 Å². The summed E-state index contributed by atoms with van der Waals surface area (Å²) in [6.45, 7) is 0.952. The standard InChI is InChI=1S/C21H23NO4/c1-23-18-9-13-6-5-7-22-16-12-21(26-4)19(24-2)10-14(16)8-17(22)15(13)11-20(18)25-3/h8-12H,5-7H2,1-4H3. The molecule has 0 radical (unpaired) electrons. The second-order valence-corrected chi connectivity index (χ2v) is 6.42. The third kappa shape index (κ3) is 2.46. The van der Waals surface area contributed by atoms with Gasteiger partial charge in [0.25, 0.3) is 0 Å². The first-order valence-corrected chi connectivity index (χ1v) is 8.70. The zero-order valence-corrected chi connectivity index (χ0v) is 15.6. The quantitative estimate of drug-likeness (QED) is 0.702. The lowest BCUT2D eigenvalue weighted by Crippen LogP contribution is -1.98. The summed E-state index contributed by atoms with van der Waals surface area (Å²) in [5.74, 6) is 3.02. The van der Waals surface area contributed by atoms with Crippen molar-refractivity contribution in [2.75, 3.05) is 28.4 Å². The van der Waals surface area contributed by atoms with E-state index in [4.69, 9.17) is 18.9 Å². The van der Waals surface area contributed by atoms with Gasteiger partial charge in [-0.05, 0) is 42.7 Å². The molecule has 0 bridgehead atoms. The number of aryl methyl sites for hydroxylation is 2. The van der Waals surface area contributed by atoms with Crippen LogP contribution < -0.4 is 18.9 Å². The largest absolute Gasteiger partial charge is 0.493 e. The predicted molar refractivity (Wildman–Crippen MR) is 102 cm³/mol. The van der Waals surface area contributed by atoms with Crippen LogP contribution in [0.2, 0.25) is 0 Å². The molecule has 4 rings (SSSR count). The summed E-state index contributed by atoms with van der Waals surface area (Å²) in [7, 11) is 6.68. The highest BCUT2D eigenvalue weighted by atomic mass is 16.5. The molecule has 1 aliphatic heterocycles. The third-order valence-electron chi connectivity index (χ3n) is 5.12. The maximum absolute atomic E-state index is 5.53. The lowest BCUT2D eigenvalue weighted by atomic mass is 10.0. The fourth-order valence-corrected chi connectivity index (χ4v) is 3.85. The highest BCUT2D eigenvalue weighted by Gasteiger charge is 2.21. The summed E-state index contributed by atoms with van der Waals surface area (Å²) in [6, 6.07) is 10.5. The number of rotatable bonds is 4. The van der Waals surface area contributed by atoms with E-state index in [2.05, 4.69) is 28.8 Å².